The summed E-state index contributed by atoms with van der Waals surface area (Å²) in [7, 11) is 2.91. The normalized spacial score (nSPS) is 8.21. The number of rotatable bonds is 5. The van der Waals surface area contributed by atoms with Crippen LogP contribution in [0, 0.1) is 0 Å². The molecule has 0 fully saturated rings. The predicted molar refractivity (Wildman–Crippen MR) is 48.2 cm³/mol. The molecule has 0 aromatic heterocycles. The van der Waals surface area contributed by atoms with Crippen LogP contribution in [0.1, 0.15) is 12.8 Å². The Bertz CT molecular complexity index is 171. The van der Waals surface area contributed by atoms with Gasteiger partial charge in [0.25, 0.3) is 0 Å². The zero-order valence-corrected chi connectivity index (χ0v) is 8.30. The van der Waals surface area contributed by atoms with Crippen LogP contribution in [0.4, 0.5) is 0 Å². The molecule has 0 aromatic carbocycles. The molecule has 0 heterocycles. The van der Waals surface area contributed by atoms with Gasteiger partial charge in [-0.05, 0) is 0 Å². The lowest BCUT2D eigenvalue weighted by molar-refractivity contribution is -0.168. The van der Waals surface area contributed by atoms with Gasteiger partial charge < -0.3 is 14.7 Å². The number of aliphatic hydroxyl groups excluding tert-OH is 1. The van der Waals surface area contributed by atoms with E-state index in [0.29, 0.717) is 12.6 Å². The first-order chi connectivity index (χ1) is 6.63. The minimum absolute atomic E-state index is 0.186. The van der Waals surface area contributed by atoms with Gasteiger partial charge in [-0.1, -0.05) is 0 Å². The molecule has 6 nitrogen and oxygen atoms in total. The Balaban J connectivity index is 0. The van der Waals surface area contributed by atoms with Crippen LogP contribution in [-0.2, 0) is 19.2 Å². The molecule has 1 amide bonds. The fraction of sp³-hybridized carbons (Fsp3) is 0.625. The highest BCUT2D eigenvalue weighted by molar-refractivity contribution is 5.76. The first-order valence-corrected chi connectivity index (χ1v) is 3.92. The van der Waals surface area contributed by atoms with Gasteiger partial charge in [0, 0.05) is 19.9 Å². The fourth-order valence-corrected chi connectivity index (χ4v) is 0.442. The van der Waals surface area contributed by atoms with Crippen molar-refractivity contribution in [3.63, 3.8) is 0 Å². The average Bonchev–Trinajstić information content (AvgIpc) is 2.24. The highest BCUT2D eigenvalue weighted by atomic mass is 16.7. The van der Waals surface area contributed by atoms with Crippen molar-refractivity contribution in [2.45, 2.75) is 12.8 Å². The second kappa shape index (κ2) is 11.7. The Kier molecular flexibility index (Phi) is 12.7. The van der Waals surface area contributed by atoms with E-state index >= 15 is 0 Å². The van der Waals surface area contributed by atoms with Crippen LogP contribution in [-0.4, -0.2) is 49.4 Å². The minimum atomic E-state index is -0.361. The van der Waals surface area contributed by atoms with Gasteiger partial charge in [0.1, 0.15) is 12.6 Å². The highest BCUT2D eigenvalue weighted by Gasteiger charge is 2.05. The minimum Gasteiger partial charge on any atom is -0.389 e. The topological polar surface area (TPSA) is 83.9 Å². The molecular weight excluding hydrogens is 190 g/mol. The molecule has 0 aliphatic carbocycles. The largest absolute Gasteiger partial charge is 0.389 e. The van der Waals surface area contributed by atoms with E-state index in [0.717, 1.165) is 5.06 Å². The second-order valence-electron chi connectivity index (χ2n) is 2.13. The third-order valence-electron chi connectivity index (χ3n) is 1.18. The maximum absolute atomic E-state index is 10.8. The van der Waals surface area contributed by atoms with Gasteiger partial charge >= 0.3 is 0 Å². The first-order valence-electron chi connectivity index (χ1n) is 3.92. The van der Waals surface area contributed by atoms with Crippen molar-refractivity contribution in [3.05, 3.63) is 0 Å². The predicted octanol–water partition coefficient (Wildman–Crippen LogP) is -0.837. The molecule has 82 valence electrons. The Morgan fingerprint density at radius 3 is 2.21 bits per heavy atom. The SMILES string of the molecule is CON(C)C(=O)CCC=O.O=CCO. The summed E-state index contributed by atoms with van der Waals surface area (Å²) < 4.78 is 0. The van der Waals surface area contributed by atoms with E-state index in [9.17, 15) is 9.59 Å². The molecule has 0 saturated heterocycles. The van der Waals surface area contributed by atoms with Crippen LogP contribution in [0.25, 0.3) is 0 Å². The molecule has 6 heteroatoms. The smallest absolute Gasteiger partial charge is 0.246 e. The molecule has 0 spiro atoms. The van der Waals surface area contributed by atoms with Gasteiger partial charge in [0.2, 0.25) is 5.91 Å². The van der Waals surface area contributed by atoms with Crippen LogP contribution < -0.4 is 0 Å². The van der Waals surface area contributed by atoms with Crippen molar-refractivity contribution < 1.29 is 24.3 Å². The average molecular weight is 205 g/mol. The van der Waals surface area contributed by atoms with Gasteiger partial charge in [-0.2, -0.15) is 0 Å². The van der Waals surface area contributed by atoms with Crippen molar-refractivity contribution in [2.75, 3.05) is 20.8 Å². The molecule has 0 aliphatic rings. The van der Waals surface area contributed by atoms with Crippen molar-refractivity contribution in [3.8, 4) is 0 Å². The molecule has 0 aliphatic heterocycles. The van der Waals surface area contributed by atoms with E-state index < -0.39 is 0 Å². The first kappa shape index (κ1) is 15.2. The van der Waals surface area contributed by atoms with Crippen molar-refractivity contribution in [1.82, 2.24) is 5.06 Å². The summed E-state index contributed by atoms with van der Waals surface area (Å²) in [6.07, 6.45) is 1.61. The van der Waals surface area contributed by atoms with Crippen molar-refractivity contribution in [2.24, 2.45) is 0 Å². The maximum Gasteiger partial charge on any atom is 0.246 e. The number of hydroxylamine groups is 2. The summed E-state index contributed by atoms with van der Waals surface area (Å²) in [6.45, 7) is -0.361. The van der Waals surface area contributed by atoms with Gasteiger partial charge in [0.15, 0.2) is 0 Å². The number of aliphatic hydroxyl groups is 1. The Labute approximate surface area is 82.4 Å². The number of hydrogen-bond donors (Lipinski definition) is 1. The molecule has 0 aromatic rings. The third-order valence-corrected chi connectivity index (χ3v) is 1.18. The molecule has 0 saturated carbocycles. The summed E-state index contributed by atoms with van der Waals surface area (Å²) in [5.41, 5.74) is 0. The Morgan fingerprint density at radius 2 is 1.93 bits per heavy atom. The van der Waals surface area contributed by atoms with Gasteiger partial charge in [-0.3, -0.25) is 9.63 Å². The van der Waals surface area contributed by atoms with E-state index in [1.807, 2.05) is 0 Å². The Hall–Kier alpha value is -1.27. The molecular formula is C8H15NO5. The van der Waals surface area contributed by atoms with E-state index in [-0.39, 0.29) is 25.4 Å². The van der Waals surface area contributed by atoms with Gasteiger partial charge in [-0.15, -0.1) is 0 Å². The summed E-state index contributed by atoms with van der Waals surface area (Å²) in [5.74, 6) is -0.186. The number of hydrogen-bond acceptors (Lipinski definition) is 5. The van der Waals surface area contributed by atoms with Crippen molar-refractivity contribution >= 4 is 18.5 Å². The van der Waals surface area contributed by atoms with Gasteiger partial charge in [0.05, 0.1) is 13.7 Å². The number of amides is 1. The lowest BCUT2D eigenvalue weighted by Crippen LogP contribution is -2.24. The van der Waals surface area contributed by atoms with E-state index in [4.69, 9.17) is 9.90 Å². The second-order valence-corrected chi connectivity index (χ2v) is 2.13. The molecule has 1 N–H and O–H groups in total. The third kappa shape index (κ3) is 10.7. The van der Waals surface area contributed by atoms with Gasteiger partial charge in [-0.25, -0.2) is 5.06 Å². The quantitative estimate of drug-likeness (QED) is 0.467. The highest BCUT2D eigenvalue weighted by Crippen LogP contribution is 1.92. The zero-order valence-electron chi connectivity index (χ0n) is 8.30. The fourth-order valence-electron chi connectivity index (χ4n) is 0.442. The van der Waals surface area contributed by atoms with Crippen molar-refractivity contribution in [1.29, 1.82) is 0 Å². The lowest BCUT2D eigenvalue weighted by atomic mass is 10.3. The van der Waals surface area contributed by atoms with Crippen LogP contribution in [0.3, 0.4) is 0 Å². The molecule has 14 heavy (non-hydrogen) atoms. The monoisotopic (exact) mass is 205 g/mol. The molecule has 0 radical (unpaired) electrons. The maximum atomic E-state index is 10.8. The number of aldehydes is 2. The molecule has 0 atom stereocenters. The molecule has 0 bridgehead atoms. The van der Waals surface area contributed by atoms with E-state index in [1.165, 1.54) is 14.2 Å². The van der Waals surface area contributed by atoms with Crippen LogP contribution in [0.2, 0.25) is 0 Å². The summed E-state index contributed by atoms with van der Waals surface area (Å²) in [4.78, 5) is 34.1. The number of nitrogens with zero attached hydrogens (tertiary/aromatic N) is 1. The molecule has 0 unspecified atom stereocenters. The summed E-state index contributed by atoms with van der Waals surface area (Å²) in [6, 6.07) is 0. The zero-order chi connectivity index (χ0) is 11.4. The lowest BCUT2D eigenvalue weighted by Gasteiger charge is -2.11. The van der Waals surface area contributed by atoms with Crippen LogP contribution in [0.15, 0.2) is 0 Å². The van der Waals surface area contributed by atoms with E-state index in [2.05, 4.69) is 4.84 Å². The standard InChI is InChI=1S/C6H11NO3.C2H4O2/c1-7(10-2)6(9)4-3-5-8;3-1-2-4/h5H,3-4H2,1-2H3;1,4H,2H2. The number of carbonyl (C=O) groups is 3. The van der Waals surface area contributed by atoms with Crippen LogP contribution >= 0.6 is 0 Å². The Morgan fingerprint density at radius 1 is 1.43 bits per heavy atom. The number of carbonyl (C=O) groups excluding carboxylic acids is 3. The summed E-state index contributed by atoms with van der Waals surface area (Å²) in [5, 5.41) is 8.61. The van der Waals surface area contributed by atoms with E-state index in [1.54, 1.807) is 0 Å². The van der Waals surface area contributed by atoms with Crippen LogP contribution in [0.5, 0.6) is 0 Å². The summed E-state index contributed by atoms with van der Waals surface area (Å²) >= 11 is 0. The molecule has 0 rings (SSSR count).